The summed E-state index contributed by atoms with van der Waals surface area (Å²) in [6, 6.07) is 0. The van der Waals surface area contributed by atoms with Gasteiger partial charge in [0.05, 0.1) is 6.10 Å². The van der Waals surface area contributed by atoms with E-state index >= 15 is 0 Å². The molecule has 1 unspecified atom stereocenters. The van der Waals surface area contributed by atoms with E-state index in [0.29, 0.717) is 27.8 Å². The highest BCUT2D eigenvalue weighted by Crippen LogP contribution is 2.81. The zero-order valence-corrected chi connectivity index (χ0v) is 14.1. The lowest BCUT2D eigenvalue weighted by Crippen LogP contribution is -2.51. The summed E-state index contributed by atoms with van der Waals surface area (Å²) < 4.78 is 6.10. The molecule has 0 aromatic carbocycles. The van der Waals surface area contributed by atoms with Gasteiger partial charge < -0.3 is 4.74 Å². The van der Waals surface area contributed by atoms with E-state index < -0.39 is 0 Å². The molecular weight excluding hydrogens is 244 g/mol. The zero-order valence-electron chi connectivity index (χ0n) is 14.1. The lowest BCUT2D eigenvalue weighted by molar-refractivity contribution is -0.115. The fourth-order valence-corrected chi connectivity index (χ4v) is 7.62. The summed E-state index contributed by atoms with van der Waals surface area (Å²) >= 11 is 0. The smallest absolute Gasteiger partial charge is 0.0641 e. The topological polar surface area (TPSA) is 9.23 Å². The van der Waals surface area contributed by atoms with Gasteiger partial charge in [0.1, 0.15) is 0 Å². The summed E-state index contributed by atoms with van der Waals surface area (Å²) in [5.74, 6) is 0.817. The third-order valence-electron chi connectivity index (χ3n) is 7.67. The molecule has 1 nitrogen and oxygen atoms in total. The molecule has 0 aromatic heterocycles. The SMILES string of the molecule is C=CC[C@@]1(C)CC[C@@H]2C(C)(C)C[C@@]3(C)CC[C@H](OC)C213. The maximum absolute atomic E-state index is 6.10. The molecule has 114 valence electrons. The fraction of sp³-hybridized carbons (Fsp3) is 0.895. The van der Waals surface area contributed by atoms with Crippen LogP contribution in [0, 0.1) is 27.6 Å². The molecule has 0 aromatic rings. The van der Waals surface area contributed by atoms with E-state index in [9.17, 15) is 0 Å². The minimum absolute atomic E-state index is 0.367. The van der Waals surface area contributed by atoms with Crippen LogP contribution in [0.15, 0.2) is 12.7 Å². The molecule has 3 aliphatic rings. The molecule has 0 heterocycles. The lowest BCUT2D eigenvalue weighted by Gasteiger charge is -2.53. The number of allylic oxidation sites excluding steroid dienone is 1. The van der Waals surface area contributed by atoms with Crippen LogP contribution >= 0.6 is 0 Å². The summed E-state index contributed by atoms with van der Waals surface area (Å²) in [6.45, 7) is 14.2. The van der Waals surface area contributed by atoms with Gasteiger partial charge in [0.2, 0.25) is 0 Å². The minimum atomic E-state index is 0.367. The number of methoxy groups -OCH3 is 1. The third kappa shape index (κ3) is 1.39. The molecule has 3 fully saturated rings. The number of rotatable bonds is 3. The zero-order chi connectivity index (χ0) is 14.8. The highest BCUT2D eigenvalue weighted by Gasteiger charge is 2.77. The summed E-state index contributed by atoms with van der Waals surface area (Å²) in [4.78, 5) is 0. The monoisotopic (exact) mass is 276 g/mol. The summed E-state index contributed by atoms with van der Waals surface area (Å²) in [5, 5.41) is 0. The molecule has 3 saturated carbocycles. The molecular formula is C19H32O. The first kappa shape index (κ1) is 14.6. The van der Waals surface area contributed by atoms with Gasteiger partial charge in [-0.15, -0.1) is 6.58 Å². The van der Waals surface area contributed by atoms with Gasteiger partial charge in [0, 0.05) is 12.5 Å². The molecule has 1 heteroatoms. The summed E-state index contributed by atoms with van der Waals surface area (Å²) in [5.41, 5.74) is 1.66. The first-order chi connectivity index (χ1) is 9.27. The summed E-state index contributed by atoms with van der Waals surface area (Å²) in [6.07, 6.45) is 10.5. The van der Waals surface area contributed by atoms with Crippen LogP contribution in [0.25, 0.3) is 0 Å². The third-order valence-corrected chi connectivity index (χ3v) is 7.67. The first-order valence-corrected chi connectivity index (χ1v) is 8.41. The normalized spacial score (nSPS) is 52.9. The van der Waals surface area contributed by atoms with Crippen molar-refractivity contribution in [2.24, 2.45) is 27.6 Å². The highest BCUT2D eigenvalue weighted by atomic mass is 16.5. The van der Waals surface area contributed by atoms with Crippen LogP contribution in [-0.2, 0) is 4.74 Å². The van der Waals surface area contributed by atoms with E-state index in [1.54, 1.807) is 0 Å². The Labute approximate surface area is 125 Å². The minimum Gasteiger partial charge on any atom is -0.381 e. The van der Waals surface area contributed by atoms with Gasteiger partial charge in [0.15, 0.2) is 0 Å². The van der Waals surface area contributed by atoms with E-state index in [0.717, 1.165) is 12.3 Å². The molecule has 5 atom stereocenters. The predicted molar refractivity (Wildman–Crippen MR) is 84.6 cm³/mol. The van der Waals surface area contributed by atoms with Crippen LogP contribution in [0.3, 0.4) is 0 Å². The van der Waals surface area contributed by atoms with Crippen LogP contribution in [0.2, 0.25) is 0 Å². The molecule has 0 radical (unpaired) electrons. The Kier molecular flexibility index (Phi) is 3.02. The van der Waals surface area contributed by atoms with Crippen molar-refractivity contribution in [1.29, 1.82) is 0 Å². The Morgan fingerprint density at radius 3 is 2.45 bits per heavy atom. The van der Waals surface area contributed by atoms with Crippen LogP contribution < -0.4 is 0 Å². The Bertz CT molecular complexity index is 425. The molecule has 0 aliphatic heterocycles. The number of hydrogen-bond acceptors (Lipinski definition) is 1. The van der Waals surface area contributed by atoms with Gasteiger partial charge in [-0.3, -0.25) is 0 Å². The number of hydrogen-bond donors (Lipinski definition) is 0. The molecule has 3 aliphatic carbocycles. The Morgan fingerprint density at radius 2 is 1.85 bits per heavy atom. The largest absolute Gasteiger partial charge is 0.381 e. The second-order valence-corrected chi connectivity index (χ2v) is 9.00. The van der Waals surface area contributed by atoms with Gasteiger partial charge in [-0.2, -0.15) is 0 Å². The second kappa shape index (κ2) is 4.12. The van der Waals surface area contributed by atoms with Crippen molar-refractivity contribution < 1.29 is 4.74 Å². The fourth-order valence-electron chi connectivity index (χ4n) is 7.62. The van der Waals surface area contributed by atoms with Crippen molar-refractivity contribution in [2.45, 2.75) is 72.3 Å². The van der Waals surface area contributed by atoms with Gasteiger partial charge in [-0.05, 0) is 60.7 Å². The van der Waals surface area contributed by atoms with Gasteiger partial charge in [-0.25, -0.2) is 0 Å². The number of ether oxygens (including phenoxy) is 1. The van der Waals surface area contributed by atoms with Gasteiger partial charge >= 0.3 is 0 Å². The molecule has 0 amide bonds. The van der Waals surface area contributed by atoms with Crippen LogP contribution in [0.5, 0.6) is 0 Å². The second-order valence-electron chi connectivity index (χ2n) is 9.00. The van der Waals surface area contributed by atoms with Gasteiger partial charge in [-0.1, -0.05) is 33.8 Å². The Morgan fingerprint density at radius 1 is 1.15 bits per heavy atom. The Balaban J connectivity index is 2.20. The van der Waals surface area contributed by atoms with Crippen molar-refractivity contribution in [3.8, 4) is 0 Å². The Hall–Kier alpha value is -0.300. The standard InChI is InChI=1S/C19H32O/c1-7-10-17(4)11-8-14-16(2,3)13-18(5)12-9-15(20-6)19(14,17)18/h7,14-15H,1,8-13H2,2-6H3/t14-,15+,17+,18-,19?/m1/s1. The first-order valence-electron chi connectivity index (χ1n) is 8.41. The molecule has 0 N–H and O–H groups in total. The van der Waals surface area contributed by atoms with E-state index in [2.05, 4.69) is 40.3 Å². The maximum Gasteiger partial charge on any atom is 0.0641 e. The van der Waals surface area contributed by atoms with E-state index in [-0.39, 0.29) is 0 Å². The van der Waals surface area contributed by atoms with E-state index in [4.69, 9.17) is 4.74 Å². The van der Waals surface area contributed by atoms with Crippen molar-refractivity contribution in [3.63, 3.8) is 0 Å². The van der Waals surface area contributed by atoms with Crippen molar-refractivity contribution in [3.05, 3.63) is 12.7 Å². The van der Waals surface area contributed by atoms with E-state index in [1.807, 2.05) is 7.11 Å². The van der Waals surface area contributed by atoms with Gasteiger partial charge in [0.25, 0.3) is 0 Å². The molecule has 20 heavy (non-hydrogen) atoms. The quantitative estimate of drug-likeness (QED) is 0.643. The van der Waals surface area contributed by atoms with Crippen molar-refractivity contribution in [2.75, 3.05) is 7.11 Å². The predicted octanol–water partition coefficient (Wildman–Crippen LogP) is 5.21. The molecule has 0 bridgehead atoms. The van der Waals surface area contributed by atoms with Crippen LogP contribution in [0.1, 0.15) is 66.2 Å². The summed E-state index contributed by atoms with van der Waals surface area (Å²) in [7, 11) is 1.94. The molecule has 3 rings (SSSR count). The lowest BCUT2D eigenvalue weighted by atomic mass is 9.53. The highest BCUT2D eigenvalue weighted by molar-refractivity contribution is 5.26. The van der Waals surface area contributed by atoms with E-state index in [1.165, 1.54) is 32.1 Å². The average molecular weight is 276 g/mol. The average Bonchev–Trinajstić information content (AvgIpc) is 2.85. The maximum atomic E-state index is 6.10. The van der Waals surface area contributed by atoms with Crippen molar-refractivity contribution in [1.82, 2.24) is 0 Å². The van der Waals surface area contributed by atoms with Crippen LogP contribution in [0.4, 0.5) is 0 Å². The molecule has 1 spiro atoms. The van der Waals surface area contributed by atoms with Crippen molar-refractivity contribution >= 4 is 0 Å². The van der Waals surface area contributed by atoms with Crippen LogP contribution in [-0.4, -0.2) is 13.2 Å². The molecule has 0 saturated heterocycles.